The molecule has 0 radical (unpaired) electrons. The van der Waals surface area contributed by atoms with Crippen LogP contribution in [0.4, 0.5) is 0 Å². The third kappa shape index (κ3) is 2.36. The van der Waals surface area contributed by atoms with Crippen LogP contribution >= 0.6 is 0 Å². The molecule has 5 nitrogen and oxygen atoms in total. The summed E-state index contributed by atoms with van der Waals surface area (Å²) in [6.45, 7) is 3.01. The topological polar surface area (TPSA) is 55.6 Å². The monoisotopic (exact) mass is 247 g/mol. The minimum Gasteiger partial charge on any atom is -0.383 e. The van der Waals surface area contributed by atoms with Crippen LogP contribution in [0.1, 0.15) is 23.2 Å². The lowest BCUT2D eigenvalue weighted by Gasteiger charge is -2.02. The molecule has 0 saturated heterocycles. The smallest absolute Gasteiger partial charge is 0.272 e. The van der Waals surface area contributed by atoms with Gasteiger partial charge in [-0.1, -0.05) is 13.0 Å². The number of methoxy groups -OCH3 is 1. The van der Waals surface area contributed by atoms with Gasteiger partial charge in [-0.25, -0.2) is 4.98 Å². The molecule has 0 aliphatic heterocycles. The number of nitrogens with one attached hydrogen (secondary N) is 1. The summed E-state index contributed by atoms with van der Waals surface area (Å²) in [4.78, 5) is 16.4. The number of rotatable bonds is 5. The SMILES string of the molecule is CCc1nc(C(=O)NCCOC)c2ccccn12. The highest BCUT2D eigenvalue weighted by molar-refractivity contribution is 5.99. The number of hydrogen-bond donors (Lipinski definition) is 1. The van der Waals surface area contributed by atoms with E-state index < -0.39 is 0 Å². The largest absolute Gasteiger partial charge is 0.383 e. The van der Waals surface area contributed by atoms with Crippen LogP contribution in [0.2, 0.25) is 0 Å². The molecule has 0 atom stereocenters. The van der Waals surface area contributed by atoms with E-state index in [1.165, 1.54) is 0 Å². The number of ether oxygens (including phenoxy) is 1. The van der Waals surface area contributed by atoms with Crippen LogP contribution in [0.3, 0.4) is 0 Å². The van der Waals surface area contributed by atoms with E-state index in [9.17, 15) is 4.79 Å². The van der Waals surface area contributed by atoms with Crippen molar-refractivity contribution in [1.82, 2.24) is 14.7 Å². The molecule has 5 heteroatoms. The third-order valence-electron chi connectivity index (χ3n) is 2.74. The second kappa shape index (κ2) is 5.64. The standard InChI is InChI=1S/C13H17N3O2/c1-3-11-15-12(13(17)14-7-9-18-2)10-6-4-5-8-16(10)11/h4-6,8H,3,7,9H2,1-2H3,(H,14,17). The van der Waals surface area contributed by atoms with Crippen molar-refractivity contribution >= 4 is 11.4 Å². The molecule has 2 aromatic rings. The van der Waals surface area contributed by atoms with E-state index in [0.717, 1.165) is 17.8 Å². The molecule has 0 fully saturated rings. The average Bonchev–Trinajstić information content (AvgIpc) is 2.78. The van der Waals surface area contributed by atoms with Gasteiger partial charge >= 0.3 is 0 Å². The van der Waals surface area contributed by atoms with E-state index in [4.69, 9.17) is 4.74 Å². The zero-order valence-corrected chi connectivity index (χ0v) is 10.6. The summed E-state index contributed by atoms with van der Waals surface area (Å²) in [6.07, 6.45) is 2.71. The molecule has 0 aliphatic rings. The number of imidazole rings is 1. The van der Waals surface area contributed by atoms with Gasteiger partial charge in [-0.05, 0) is 12.1 Å². The van der Waals surface area contributed by atoms with Gasteiger partial charge in [-0.3, -0.25) is 4.79 Å². The molecule has 1 amide bonds. The quantitative estimate of drug-likeness (QED) is 0.810. The maximum Gasteiger partial charge on any atom is 0.272 e. The maximum absolute atomic E-state index is 12.0. The highest BCUT2D eigenvalue weighted by atomic mass is 16.5. The molecule has 2 rings (SSSR count). The van der Waals surface area contributed by atoms with E-state index in [2.05, 4.69) is 10.3 Å². The predicted octanol–water partition coefficient (Wildman–Crippen LogP) is 1.27. The number of pyridine rings is 1. The molecule has 18 heavy (non-hydrogen) atoms. The van der Waals surface area contributed by atoms with Crippen LogP contribution < -0.4 is 5.32 Å². The Labute approximate surface area is 106 Å². The van der Waals surface area contributed by atoms with Gasteiger partial charge in [0.1, 0.15) is 5.82 Å². The average molecular weight is 247 g/mol. The highest BCUT2D eigenvalue weighted by Gasteiger charge is 2.15. The zero-order valence-electron chi connectivity index (χ0n) is 10.6. The number of hydrogen-bond acceptors (Lipinski definition) is 3. The first-order valence-corrected chi connectivity index (χ1v) is 6.01. The number of carbonyl (C=O) groups excluding carboxylic acids is 1. The molecule has 0 bridgehead atoms. The fraction of sp³-hybridized carbons (Fsp3) is 0.385. The minimum atomic E-state index is -0.157. The number of amides is 1. The summed E-state index contributed by atoms with van der Waals surface area (Å²) in [7, 11) is 1.60. The van der Waals surface area contributed by atoms with Crippen LogP contribution in [0.15, 0.2) is 24.4 Å². The summed E-state index contributed by atoms with van der Waals surface area (Å²) in [5.74, 6) is 0.734. The molecule has 0 saturated carbocycles. The second-order valence-electron chi connectivity index (χ2n) is 3.93. The summed E-state index contributed by atoms with van der Waals surface area (Å²) in [5.41, 5.74) is 1.31. The maximum atomic E-state index is 12.0. The first kappa shape index (κ1) is 12.6. The summed E-state index contributed by atoms with van der Waals surface area (Å²) >= 11 is 0. The molecule has 0 aliphatic carbocycles. The van der Waals surface area contributed by atoms with Gasteiger partial charge < -0.3 is 14.5 Å². The van der Waals surface area contributed by atoms with Crippen LogP contribution in [0.25, 0.3) is 5.52 Å². The van der Waals surface area contributed by atoms with Gasteiger partial charge in [-0.2, -0.15) is 0 Å². The van der Waals surface area contributed by atoms with Gasteiger partial charge in [0.05, 0.1) is 12.1 Å². The second-order valence-corrected chi connectivity index (χ2v) is 3.93. The Morgan fingerprint density at radius 1 is 1.50 bits per heavy atom. The lowest BCUT2D eigenvalue weighted by Crippen LogP contribution is -2.27. The lowest BCUT2D eigenvalue weighted by molar-refractivity contribution is 0.0934. The van der Waals surface area contributed by atoms with Crippen molar-refractivity contribution in [1.29, 1.82) is 0 Å². The number of nitrogens with zero attached hydrogens (tertiary/aromatic N) is 2. The van der Waals surface area contributed by atoms with E-state index >= 15 is 0 Å². The predicted molar refractivity (Wildman–Crippen MR) is 68.8 cm³/mol. The van der Waals surface area contributed by atoms with Crippen LogP contribution in [-0.2, 0) is 11.2 Å². The van der Waals surface area contributed by atoms with Crippen molar-refractivity contribution in [2.75, 3.05) is 20.3 Å². The normalized spacial score (nSPS) is 10.8. The summed E-state index contributed by atoms with van der Waals surface area (Å²) in [5, 5.41) is 2.79. The highest BCUT2D eigenvalue weighted by Crippen LogP contribution is 2.13. The minimum absolute atomic E-state index is 0.157. The van der Waals surface area contributed by atoms with Crippen molar-refractivity contribution in [3.05, 3.63) is 35.9 Å². The molecule has 96 valence electrons. The number of carbonyl (C=O) groups is 1. The van der Waals surface area contributed by atoms with E-state index in [0.29, 0.717) is 18.8 Å². The first-order chi connectivity index (χ1) is 8.77. The van der Waals surface area contributed by atoms with Gasteiger partial charge in [0.25, 0.3) is 5.91 Å². The molecule has 0 aromatic carbocycles. The van der Waals surface area contributed by atoms with E-state index in [-0.39, 0.29) is 5.91 Å². The molecule has 1 N–H and O–H groups in total. The third-order valence-corrected chi connectivity index (χ3v) is 2.74. The van der Waals surface area contributed by atoms with Gasteiger partial charge in [0.2, 0.25) is 0 Å². The van der Waals surface area contributed by atoms with Crippen LogP contribution in [0.5, 0.6) is 0 Å². The van der Waals surface area contributed by atoms with Gasteiger partial charge in [0.15, 0.2) is 5.69 Å². The lowest BCUT2D eigenvalue weighted by atomic mass is 10.3. The molecular formula is C13H17N3O2. The van der Waals surface area contributed by atoms with Crippen molar-refractivity contribution in [3.8, 4) is 0 Å². The molecule has 2 aromatic heterocycles. The Kier molecular flexibility index (Phi) is 3.94. The number of aromatic nitrogens is 2. The fourth-order valence-corrected chi connectivity index (χ4v) is 1.87. The van der Waals surface area contributed by atoms with E-state index in [1.54, 1.807) is 7.11 Å². The van der Waals surface area contributed by atoms with E-state index in [1.807, 2.05) is 35.7 Å². The Morgan fingerprint density at radius 2 is 2.33 bits per heavy atom. The summed E-state index contributed by atoms with van der Waals surface area (Å²) in [6, 6.07) is 5.74. The first-order valence-electron chi connectivity index (χ1n) is 6.01. The Hall–Kier alpha value is -1.88. The van der Waals surface area contributed by atoms with Crippen molar-refractivity contribution in [3.63, 3.8) is 0 Å². The van der Waals surface area contributed by atoms with Crippen LogP contribution in [-0.4, -0.2) is 35.6 Å². The van der Waals surface area contributed by atoms with Crippen molar-refractivity contribution in [2.45, 2.75) is 13.3 Å². The summed E-state index contributed by atoms with van der Waals surface area (Å²) < 4.78 is 6.85. The molecule has 0 spiro atoms. The molecule has 2 heterocycles. The number of aryl methyl sites for hydroxylation is 1. The number of fused-ring (bicyclic) bond motifs is 1. The fourth-order valence-electron chi connectivity index (χ4n) is 1.87. The Morgan fingerprint density at radius 3 is 3.06 bits per heavy atom. The van der Waals surface area contributed by atoms with Gasteiger partial charge in [-0.15, -0.1) is 0 Å². The molecular weight excluding hydrogens is 230 g/mol. The Bertz CT molecular complexity index is 548. The molecule has 0 unspecified atom stereocenters. The van der Waals surface area contributed by atoms with Crippen molar-refractivity contribution in [2.24, 2.45) is 0 Å². The van der Waals surface area contributed by atoms with Crippen LogP contribution in [0, 0.1) is 0 Å². The van der Waals surface area contributed by atoms with Gasteiger partial charge in [0, 0.05) is 26.3 Å². The van der Waals surface area contributed by atoms with Crippen molar-refractivity contribution < 1.29 is 9.53 Å². The zero-order chi connectivity index (χ0) is 13.0. The Balaban J connectivity index is 2.30.